The predicted octanol–water partition coefficient (Wildman–Crippen LogP) is 2.63. The maximum atomic E-state index is 12.8. The van der Waals surface area contributed by atoms with E-state index in [1.807, 2.05) is 61.0 Å². The van der Waals surface area contributed by atoms with Gasteiger partial charge < -0.3 is 10.4 Å². The minimum absolute atomic E-state index is 0.0208. The van der Waals surface area contributed by atoms with Crippen molar-refractivity contribution in [3.05, 3.63) is 59.4 Å². The topological polar surface area (TPSA) is 84.2 Å². The Balaban J connectivity index is 1.51. The predicted molar refractivity (Wildman–Crippen MR) is 100 cm³/mol. The largest absolute Gasteiger partial charge is 0.481 e. The number of aromatic nitrogens is 2. The van der Waals surface area contributed by atoms with Gasteiger partial charge in [-0.3, -0.25) is 9.59 Å². The number of aryl methyl sites for hydroxylation is 1. The average molecular weight is 365 g/mol. The molecule has 2 bridgehead atoms. The zero-order valence-corrected chi connectivity index (χ0v) is 15.4. The third-order valence-corrected chi connectivity index (χ3v) is 5.93. The molecule has 0 aliphatic heterocycles. The van der Waals surface area contributed by atoms with E-state index in [4.69, 9.17) is 0 Å². The molecule has 2 aliphatic carbocycles. The van der Waals surface area contributed by atoms with Crippen molar-refractivity contribution in [1.29, 1.82) is 0 Å². The van der Waals surface area contributed by atoms with E-state index in [2.05, 4.69) is 10.4 Å². The van der Waals surface area contributed by atoms with E-state index >= 15 is 0 Å². The lowest BCUT2D eigenvalue weighted by Gasteiger charge is -2.23. The van der Waals surface area contributed by atoms with E-state index in [-0.39, 0.29) is 17.7 Å². The van der Waals surface area contributed by atoms with Gasteiger partial charge in [0.1, 0.15) is 0 Å². The molecule has 0 unspecified atom stereocenters. The van der Waals surface area contributed by atoms with Gasteiger partial charge in [0, 0.05) is 17.8 Å². The van der Waals surface area contributed by atoms with Gasteiger partial charge in [-0.1, -0.05) is 30.4 Å². The van der Waals surface area contributed by atoms with E-state index in [0.717, 1.165) is 29.1 Å². The second-order valence-corrected chi connectivity index (χ2v) is 7.45. The number of carboxylic acid groups (broad SMARTS) is 1. The minimum atomic E-state index is -0.878. The summed E-state index contributed by atoms with van der Waals surface area (Å²) in [4.78, 5) is 24.4. The van der Waals surface area contributed by atoms with Gasteiger partial charge in [-0.15, -0.1) is 0 Å². The van der Waals surface area contributed by atoms with E-state index in [1.165, 1.54) is 0 Å². The summed E-state index contributed by atoms with van der Waals surface area (Å²) in [5.74, 6) is -2.14. The van der Waals surface area contributed by atoms with Gasteiger partial charge in [0.25, 0.3) is 0 Å². The standard InChI is InChI=1S/C21H23N3O3/c1-12-17(13(2)24(23-12)16-6-4-3-5-7-16)11-22-20(25)18-14-8-9-15(10-14)19(18)21(26)27/h3-9,14-15,18-19H,10-11H2,1-2H3,(H,22,25)(H,26,27)/t14-,15-,18+,19+/m0/s1. The lowest BCUT2D eigenvalue weighted by molar-refractivity contribution is -0.147. The van der Waals surface area contributed by atoms with Crippen LogP contribution >= 0.6 is 0 Å². The van der Waals surface area contributed by atoms with Crippen LogP contribution in [0.3, 0.4) is 0 Å². The number of nitrogens with one attached hydrogen (secondary N) is 1. The number of aliphatic carboxylic acids is 1. The van der Waals surface area contributed by atoms with Crippen LogP contribution in [0.25, 0.3) is 5.69 Å². The molecule has 4 rings (SSSR count). The number of hydrogen-bond acceptors (Lipinski definition) is 3. The maximum absolute atomic E-state index is 12.8. The van der Waals surface area contributed by atoms with Crippen LogP contribution in [0.5, 0.6) is 0 Å². The summed E-state index contributed by atoms with van der Waals surface area (Å²) in [6, 6.07) is 9.85. The molecule has 4 atom stereocenters. The zero-order chi connectivity index (χ0) is 19.1. The van der Waals surface area contributed by atoms with Crippen molar-refractivity contribution in [3.8, 4) is 5.69 Å². The second-order valence-electron chi connectivity index (χ2n) is 7.45. The first kappa shape index (κ1) is 17.5. The molecular formula is C21H23N3O3. The van der Waals surface area contributed by atoms with Crippen LogP contribution in [0, 0.1) is 37.5 Å². The van der Waals surface area contributed by atoms with Crippen LogP contribution in [0.1, 0.15) is 23.4 Å². The van der Waals surface area contributed by atoms with Gasteiger partial charge >= 0.3 is 5.97 Å². The number of hydrogen-bond donors (Lipinski definition) is 2. The third-order valence-electron chi connectivity index (χ3n) is 5.93. The van der Waals surface area contributed by atoms with Gasteiger partial charge in [-0.2, -0.15) is 5.10 Å². The number of rotatable bonds is 5. The Morgan fingerprint density at radius 2 is 1.81 bits per heavy atom. The fourth-order valence-corrected chi connectivity index (χ4v) is 4.56. The highest BCUT2D eigenvalue weighted by Gasteiger charge is 2.51. The highest BCUT2D eigenvalue weighted by molar-refractivity contribution is 5.86. The number of fused-ring (bicyclic) bond motifs is 2. The van der Waals surface area contributed by atoms with E-state index in [1.54, 1.807) is 0 Å². The first-order valence-corrected chi connectivity index (χ1v) is 9.26. The molecule has 1 aromatic carbocycles. The number of carbonyl (C=O) groups excluding carboxylic acids is 1. The van der Waals surface area contributed by atoms with Gasteiger partial charge in [0.15, 0.2) is 0 Å². The van der Waals surface area contributed by atoms with Crippen molar-refractivity contribution in [1.82, 2.24) is 15.1 Å². The quantitative estimate of drug-likeness (QED) is 0.798. The highest BCUT2D eigenvalue weighted by Crippen LogP contribution is 2.48. The molecule has 140 valence electrons. The van der Waals surface area contributed by atoms with E-state index in [9.17, 15) is 14.7 Å². The van der Waals surface area contributed by atoms with Crippen molar-refractivity contribution in [2.45, 2.75) is 26.8 Å². The van der Waals surface area contributed by atoms with Gasteiger partial charge in [0.2, 0.25) is 5.91 Å². The van der Waals surface area contributed by atoms with Crippen LogP contribution < -0.4 is 5.32 Å². The Morgan fingerprint density at radius 3 is 2.48 bits per heavy atom. The lowest BCUT2D eigenvalue weighted by Crippen LogP contribution is -2.40. The van der Waals surface area contributed by atoms with E-state index < -0.39 is 17.8 Å². The number of nitrogens with zero attached hydrogens (tertiary/aromatic N) is 2. The minimum Gasteiger partial charge on any atom is -0.481 e. The molecule has 27 heavy (non-hydrogen) atoms. The van der Waals surface area contributed by atoms with Crippen LogP contribution in [0.4, 0.5) is 0 Å². The third kappa shape index (κ3) is 2.95. The molecule has 2 aliphatic rings. The fraction of sp³-hybridized carbons (Fsp3) is 0.381. The summed E-state index contributed by atoms with van der Waals surface area (Å²) in [6.07, 6.45) is 4.71. The molecule has 1 fully saturated rings. The SMILES string of the molecule is Cc1nn(-c2ccccc2)c(C)c1CNC(=O)[C@H]1[C@H](C(=O)O)[C@H]2C=C[C@H]1C2. The number of amides is 1. The number of para-hydroxylation sites is 1. The van der Waals surface area contributed by atoms with Gasteiger partial charge in [-0.05, 0) is 44.2 Å². The number of carbonyl (C=O) groups is 2. The van der Waals surface area contributed by atoms with Crippen molar-refractivity contribution in [2.75, 3.05) is 0 Å². The van der Waals surface area contributed by atoms with Crippen molar-refractivity contribution < 1.29 is 14.7 Å². The Bertz CT molecular complexity index is 916. The molecule has 6 heteroatoms. The van der Waals surface area contributed by atoms with Crippen LogP contribution in [0.2, 0.25) is 0 Å². The Morgan fingerprint density at radius 1 is 1.15 bits per heavy atom. The summed E-state index contributed by atoms with van der Waals surface area (Å²) >= 11 is 0. The molecule has 2 aromatic rings. The molecule has 1 heterocycles. The lowest BCUT2D eigenvalue weighted by atomic mass is 9.82. The number of benzene rings is 1. The highest BCUT2D eigenvalue weighted by atomic mass is 16.4. The van der Waals surface area contributed by atoms with Crippen LogP contribution in [0.15, 0.2) is 42.5 Å². The summed E-state index contributed by atoms with van der Waals surface area (Å²) in [7, 11) is 0. The normalized spacial score (nSPS) is 25.7. The maximum Gasteiger partial charge on any atom is 0.307 e. The van der Waals surface area contributed by atoms with Crippen molar-refractivity contribution in [2.24, 2.45) is 23.7 Å². The van der Waals surface area contributed by atoms with E-state index in [0.29, 0.717) is 6.54 Å². The molecule has 6 nitrogen and oxygen atoms in total. The first-order chi connectivity index (χ1) is 13.0. The van der Waals surface area contributed by atoms with Crippen LogP contribution in [-0.4, -0.2) is 26.8 Å². The summed E-state index contributed by atoms with van der Waals surface area (Å²) in [6.45, 7) is 4.26. The molecule has 0 saturated heterocycles. The Labute approximate surface area is 157 Å². The summed E-state index contributed by atoms with van der Waals surface area (Å²) < 4.78 is 1.87. The average Bonchev–Trinajstić information content (AvgIpc) is 3.34. The molecule has 2 N–H and O–H groups in total. The molecular weight excluding hydrogens is 342 g/mol. The number of carboxylic acids is 1. The monoisotopic (exact) mass is 365 g/mol. The molecule has 1 amide bonds. The van der Waals surface area contributed by atoms with Gasteiger partial charge in [0.05, 0.1) is 23.2 Å². The Hall–Kier alpha value is -2.89. The number of allylic oxidation sites excluding steroid dienone is 2. The molecule has 0 radical (unpaired) electrons. The fourth-order valence-electron chi connectivity index (χ4n) is 4.56. The van der Waals surface area contributed by atoms with Crippen molar-refractivity contribution in [3.63, 3.8) is 0 Å². The summed E-state index contributed by atoms with van der Waals surface area (Å²) in [5.41, 5.74) is 3.78. The van der Waals surface area contributed by atoms with Crippen LogP contribution in [-0.2, 0) is 16.1 Å². The first-order valence-electron chi connectivity index (χ1n) is 9.26. The van der Waals surface area contributed by atoms with Gasteiger partial charge in [-0.25, -0.2) is 4.68 Å². The molecule has 1 aromatic heterocycles. The summed E-state index contributed by atoms with van der Waals surface area (Å²) in [5, 5.41) is 17.1. The zero-order valence-electron chi connectivity index (χ0n) is 15.4. The van der Waals surface area contributed by atoms with Crippen molar-refractivity contribution >= 4 is 11.9 Å². The Kier molecular flexibility index (Phi) is 4.34. The smallest absolute Gasteiger partial charge is 0.307 e. The second kappa shape index (κ2) is 6.68. The molecule has 1 saturated carbocycles. The molecule has 0 spiro atoms.